The van der Waals surface area contributed by atoms with Crippen LogP contribution >= 0.6 is 23.2 Å². The zero-order valence-corrected chi connectivity index (χ0v) is 18.8. The van der Waals surface area contributed by atoms with Crippen molar-refractivity contribution in [2.75, 3.05) is 13.1 Å². The van der Waals surface area contributed by atoms with Crippen molar-refractivity contribution in [1.29, 1.82) is 0 Å². The lowest BCUT2D eigenvalue weighted by Crippen LogP contribution is -2.38. The van der Waals surface area contributed by atoms with Crippen molar-refractivity contribution < 1.29 is 14.6 Å². The van der Waals surface area contributed by atoms with Gasteiger partial charge in [0, 0.05) is 19.6 Å². The number of aromatic hydroxyl groups is 1. The number of piperidine rings is 1. The molecule has 1 fully saturated rings. The first-order chi connectivity index (χ1) is 14.2. The molecule has 0 aliphatic carbocycles. The molecule has 158 valence electrons. The average Bonchev–Trinajstić information content (AvgIpc) is 2.98. The largest absolute Gasteiger partial charge is 0.507 e. The second kappa shape index (κ2) is 8.26. The predicted octanol–water partition coefficient (Wildman–Crippen LogP) is 6.10. The second-order valence-corrected chi connectivity index (χ2v) is 9.46. The Labute approximate surface area is 187 Å². The van der Waals surface area contributed by atoms with Crippen LogP contribution in [0.5, 0.6) is 11.5 Å². The number of fused-ring (bicyclic) bond motifs is 1. The Kier molecular flexibility index (Phi) is 5.84. The Hall–Kier alpha value is -2.01. The standard InChI is InChI=1S/C24H25Cl2NO3/c1-13-6-14(2)11-27(10-13)12-17-20(28)7-15(3)22-23(29)21(30-24(17)22)9-16-4-5-18(25)19(26)8-16/h4-5,7-9,13-14,28H,6,10-12H2,1-3H3/b21-9+. The minimum atomic E-state index is -0.185. The lowest BCUT2D eigenvalue weighted by atomic mass is 9.91. The van der Waals surface area contributed by atoms with Gasteiger partial charge in [-0.15, -0.1) is 0 Å². The fourth-order valence-electron chi connectivity index (χ4n) is 4.63. The highest BCUT2D eigenvalue weighted by molar-refractivity contribution is 6.42. The van der Waals surface area contributed by atoms with E-state index in [1.54, 1.807) is 30.3 Å². The molecule has 0 spiro atoms. The van der Waals surface area contributed by atoms with Crippen molar-refractivity contribution in [1.82, 2.24) is 4.90 Å². The third-order valence-corrected chi connectivity index (χ3v) is 6.53. The molecule has 0 saturated carbocycles. The number of likely N-dealkylation sites (tertiary alicyclic amines) is 1. The van der Waals surface area contributed by atoms with Crippen LogP contribution in [0, 0.1) is 18.8 Å². The Morgan fingerprint density at radius 2 is 1.87 bits per heavy atom. The number of carbonyl (C=O) groups excluding carboxylic acids is 1. The summed E-state index contributed by atoms with van der Waals surface area (Å²) in [6.45, 7) is 8.80. The Bertz CT molecular complexity index is 1040. The van der Waals surface area contributed by atoms with Gasteiger partial charge in [0.2, 0.25) is 5.78 Å². The second-order valence-electron chi connectivity index (χ2n) is 8.65. The van der Waals surface area contributed by atoms with Gasteiger partial charge in [-0.1, -0.05) is 43.1 Å². The molecule has 4 nitrogen and oxygen atoms in total. The van der Waals surface area contributed by atoms with Gasteiger partial charge in [0.15, 0.2) is 5.76 Å². The summed E-state index contributed by atoms with van der Waals surface area (Å²) in [6.07, 6.45) is 2.87. The first-order valence-electron chi connectivity index (χ1n) is 10.2. The van der Waals surface area contributed by atoms with Gasteiger partial charge >= 0.3 is 0 Å². The van der Waals surface area contributed by atoms with Gasteiger partial charge in [-0.2, -0.15) is 0 Å². The Balaban J connectivity index is 1.69. The van der Waals surface area contributed by atoms with Gasteiger partial charge in [0.05, 0.1) is 21.2 Å². The van der Waals surface area contributed by atoms with E-state index in [1.165, 1.54) is 6.42 Å². The average molecular weight is 446 g/mol. The number of carbonyl (C=O) groups is 1. The summed E-state index contributed by atoms with van der Waals surface area (Å²) in [5.74, 6) is 1.87. The van der Waals surface area contributed by atoms with E-state index in [4.69, 9.17) is 27.9 Å². The molecule has 2 aliphatic rings. The molecule has 0 radical (unpaired) electrons. The lowest BCUT2D eigenvalue weighted by molar-refractivity contribution is 0.101. The normalized spacial score (nSPS) is 23.0. The SMILES string of the molecule is Cc1cc(O)c(CN2CC(C)CC(C)C2)c2c1C(=O)/C(=C\c1ccc(Cl)c(Cl)c1)O2. The fourth-order valence-corrected chi connectivity index (χ4v) is 4.94. The van der Waals surface area contributed by atoms with Gasteiger partial charge in [-0.25, -0.2) is 0 Å². The first kappa shape index (κ1) is 21.2. The molecule has 1 N–H and O–H groups in total. The zero-order chi connectivity index (χ0) is 21.6. The number of phenols is 1. The van der Waals surface area contributed by atoms with Crippen LogP contribution in [0.3, 0.4) is 0 Å². The van der Waals surface area contributed by atoms with Crippen molar-refractivity contribution in [3.05, 3.63) is 62.3 Å². The number of Topliss-reactive ketones (excluding diaryl/α,β-unsaturated/α-hetero) is 1. The molecule has 0 amide bonds. The number of benzene rings is 2. The van der Waals surface area contributed by atoms with E-state index in [1.807, 2.05) is 6.92 Å². The smallest absolute Gasteiger partial charge is 0.232 e. The topological polar surface area (TPSA) is 49.8 Å². The molecule has 1 saturated heterocycles. The summed E-state index contributed by atoms with van der Waals surface area (Å²) in [5.41, 5.74) is 2.62. The number of rotatable bonds is 3. The van der Waals surface area contributed by atoms with Gasteiger partial charge in [-0.3, -0.25) is 9.69 Å². The van der Waals surface area contributed by atoms with Crippen molar-refractivity contribution >= 4 is 35.1 Å². The van der Waals surface area contributed by atoms with Crippen LogP contribution in [0.15, 0.2) is 30.0 Å². The van der Waals surface area contributed by atoms with E-state index in [0.29, 0.717) is 50.9 Å². The van der Waals surface area contributed by atoms with Crippen LogP contribution in [0.4, 0.5) is 0 Å². The number of hydrogen-bond donors (Lipinski definition) is 1. The minimum Gasteiger partial charge on any atom is -0.507 e. The van der Waals surface area contributed by atoms with Gasteiger partial charge in [0.25, 0.3) is 0 Å². The molecule has 0 aromatic heterocycles. The van der Waals surface area contributed by atoms with Crippen LogP contribution < -0.4 is 4.74 Å². The highest BCUT2D eigenvalue weighted by Gasteiger charge is 2.34. The maximum absolute atomic E-state index is 13.1. The lowest BCUT2D eigenvalue weighted by Gasteiger charge is -2.35. The monoisotopic (exact) mass is 445 g/mol. The van der Waals surface area contributed by atoms with E-state index >= 15 is 0 Å². The number of halogens is 2. The summed E-state index contributed by atoms with van der Waals surface area (Å²) in [5, 5.41) is 11.5. The van der Waals surface area contributed by atoms with Crippen LogP contribution in [0.2, 0.25) is 10.0 Å². The molecule has 4 rings (SSSR count). The molecular weight excluding hydrogens is 421 g/mol. The van der Waals surface area contributed by atoms with Crippen molar-refractivity contribution in [3.8, 4) is 11.5 Å². The predicted molar refractivity (Wildman–Crippen MR) is 120 cm³/mol. The highest BCUT2D eigenvalue weighted by atomic mass is 35.5. The van der Waals surface area contributed by atoms with Crippen molar-refractivity contribution in [3.63, 3.8) is 0 Å². The van der Waals surface area contributed by atoms with Crippen molar-refractivity contribution in [2.24, 2.45) is 11.8 Å². The third kappa shape index (κ3) is 4.09. The Morgan fingerprint density at radius 1 is 1.17 bits per heavy atom. The zero-order valence-electron chi connectivity index (χ0n) is 17.3. The van der Waals surface area contributed by atoms with E-state index < -0.39 is 0 Å². The summed E-state index contributed by atoms with van der Waals surface area (Å²) >= 11 is 12.1. The van der Waals surface area contributed by atoms with E-state index in [0.717, 1.165) is 18.7 Å². The molecule has 2 aromatic rings. The van der Waals surface area contributed by atoms with Crippen LogP contribution in [0.1, 0.15) is 47.3 Å². The molecule has 2 aromatic carbocycles. The first-order valence-corrected chi connectivity index (χ1v) is 11.0. The Morgan fingerprint density at radius 3 is 2.53 bits per heavy atom. The maximum Gasteiger partial charge on any atom is 0.232 e. The number of ketones is 1. The van der Waals surface area contributed by atoms with Crippen LogP contribution in [-0.4, -0.2) is 28.9 Å². The summed E-state index contributed by atoms with van der Waals surface area (Å²) < 4.78 is 6.03. The molecular formula is C24H25Cl2NO3. The molecule has 30 heavy (non-hydrogen) atoms. The number of hydrogen-bond acceptors (Lipinski definition) is 4. The van der Waals surface area contributed by atoms with Crippen LogP contribution in [-0.2, 0) is 6.54 Å². The maximum atomic E-state index is 13.1. The summed E-state index contributed by atoms with van der Waals surface area (Å²) in [6, 6.07) is 6.82. The van der Waals surface area contributed by atoms with Gasteiger partial charge < -0.3 is 9.84 Å². The van der Waals surface area contributed by atoms with Crippen LogP contribution in [0.25, 0.3) is 6.08 Å². The van der Waals surface area contributed by atoms with E-state index in [9.17, 15) is 9.90 Å². The molecule has 2 heterocycles. The van der Waals surface area contributed by atoms with E-state index in [-0.39, 0.29) is 17.3 Å². The number of nitrogens with zero attached hydrogens (tertiary/aromatic N) is 1. The highest BCUT2D eigenvalue weighted by Crippen LogP contribution is 2.43. The molecule has 2 aliphatic heterocycles. The minimum absolute atomic E-state index is 0.167. The fraction of sp³-hybridized carbons (Fsp3) is 0.375. The summed E-state index contributed by atoms with van der Waals surface area (Å²) in [4.78, 5) is 15.4. The summed E-state index contributed by atoms with van der Waals surface area (Å²) in [7, 11) is 0. The van der Waals surface area contributed by atoms with Gasteiger partial charge in [-0.05, 0) is 60.6 Å². The van der Waals surface area contributed by atoms with E-state index in [2.05, 4.69) is 18.7 Å². The molecule has 0 bridgehead atoms. The number of allylic oxidation sites excluding steroid dienone is 1. The molecule has 2 atom stereocenters. The van der Waals surface area contributed by atoms with Gasteiger partial charge in [0.1, 0.15) is 11.5 Å². The number of ether oxygens (including phenoxy) is 1. The van der Waals surface area contributed by atoms with Crippen molar-refractivity contribution in [2.45, 2.75) is 33.7 Å². The molecule has 2 unspecified atom stereocenters. The number of aryl methyl sites for hydroxylation is 1. The third-order valence-electron chi connectivity index (χ3n) is 5.79. The number of phenolic OH excluding ortho intramolecular Hbond substituents is 1. The molecule has 6 heteroatoms. The quantitative estimate of drug-likeness (QED) is 0.579.